The second-order valence-corrected chi connectivity index (χ2v) is 10.2. The number of anilines is 1. The quantitative estimate of drug-likeness (QED) is 0.291. The van der Waals surface area contributed by atoms with E-state index in [1.807, 2.05) is 76.2 Å². The maximum atomic E-state index is 12.9. The molecule has 3 N–H and O–H groups in total. The summed E-state index contributed by atoms with van der Waals surface area (Å²) in [5, 5.41) is 25.8. The number of benzene rings is 2. The van der Waals surface area contributed by atoms with Gasteiger partial charge in [-0.25, -0.2) is 9.78 Å². The van der Waals surface area contributed by atoms with Crippen molar-refractivity contribution in [2.45, 2.75) is 46.7 Å². The minimum Gasteiger partial charge on any atom is -0.480 e. The number of nitrogens with zero attached hydrogens (tertiary/aromatic N) is 3. The molecule has 2 aromatic heterocycles. The number of hydrogen-bond acceptors (Lipinski definition) is 7. The summed E-state index contributed by atoms with van der Waals surface area (Å²) in [6, 6.07) is 14.2. The molecule has 37 heavy (non-hydrogen) atoms. The van der Waals surface area contributed by atoms with Crippen LogP contribution >= 0.6 is 11.3 Å². The fourth-order valence-electron chi connectivity index (χ4n) is 4.23. The van der Waals surface area contributed by atoms with E-state index < -0.39 is 12.0 Å². The van der Waals surface area contributed by atoms with E-state index in [0.29, 0.717) is 12.1 Å². The average Bonchev–Trinajstić information content (AvgIpc) is 3.31. The predicted octanol–water partition coefficient (Wildman–Crippen LogP) is 4.87. The number of aromatic nitrogens is 3. The summed E-state index contributed by atoms with van der Waals surface area (Å²) in [6.45, 7) is 8.22. The zero-order chi connectivity index (χ0) is 26.5. The summed E-state index contributed by atoms with van der Waals surface area (Å²) in [7, 11) is 0. The highest BCUT2D eigenvalue weighted by atomic mass is 32.1. The van der Waals surface area contributed by atoms with Crippen LogP contribution in [-0.4, -0.2) is 38.2 Å². The highest BCUT2D eigenvalue weighted by molar-refractivity contribution is 7.14. The number of hydrogen-bond donors (Lipinski definition) is 3. The largest absolute Gasteiger partial charge is 0.480 e. The van der Waals surface area contributed by atoms with Gasteiger partial charge in [-0.3, -0.25) is 4.79 Å². The molecule has 4 aromatic rings. The fraction of sp³-hybridized carbons (Fsp3) is 0.250. The molecular formula is C28H29N5O3S. The van der Waals surface area contributed by atoms with Crippen molar-refractivity contribution in [2.75, 3.05) is 5.32 Å². The normalized spacial score (nSPS) is 11.7. The first-order chi connectivity index (χ1) is 17.7. The lowest BCUT2D eigenvalue weighted by Gasteiger charge is -2.17. The molecule has 8 nitrogen and oxygen atoms in total. The van der Waals surface area contributed by atoms with Gasteiger partial charge in [-0.2, -0.15) is 0 Å². The van der Waals surface area contributed by atoms with Crippen LogP contribution in [0.2, 0.25) is 0 Å². The van der Waals surface area contributed by atoms with Crippen molar-refractivity contribution < 1.29 is 14.7 Å². The molecule has 0 radical (unpaired) electrons. The lowest BCUT2D eigenvalue weighted by molar-refractivity contribution is -0.139. The van der Waals surface area contributed by atoms with Crippen molar-refractivity contribution in [3.05, 3.63) is 93.1 Å². The number of carboxylic acid groups (broad SMARTS) is 1. The molecule has 9 heteroatoms. The van der Waals surface area contributed by atoms with Crippen LogP contribution in [0.1, 0.15) is 43.2 Å². The van der Waals surface area contributed by atoms with Gasteiger partial charge in [0.1, 0.15) is 21.9 Å². The fourth-order valence-corrected chi connectivity index (χ4v) is 5.01. The lowest BCUT2D eigenvalue weighted by atomic mass is 9.98. The molecule has 1 amide bonds. The monoisotopic (exact) mass is 515 g/mol. The summed E-state index contributed by atoms with van der Waals surface area (Å²) in [4.78, 5) is 29.1. The van der Waals surface area contributed by atoms with Gasteiger partial charge in [0, 0.05) is 23.7 Å². The molecule has 0 saturated heterocycles. The maximum absolute atomic E-state index is 12.9. The Labute approximate surface area is 219 Å². The second-order valence-electron chi connectivity index (χ2n) is 9.11. The Bertz CT molecular complexity index is 1410. The van der Waals surface area contributed by atoms with E-state index in [1.165, 1.54) is 11.3 Å². The van der Waals surface area contributed by atoms with Crippen LogP contribution in [0.15, 0.2) is 54.7 Å². The number of nitrogens with one attached hydrogen (secondary N) is 2. The topological polar surface area (TPSA) is 117 Å². The molecule has 190 valence electrons. The van der Waals surface area contributed by atoms with E-state index in [1.54, 1.807) is 6.20 Å². The van der Waals surface area contributed by atoms with Crippen molar-refractivity contribution in [1.82, 2.24) is 20.5 Å². The number of carbonyl (C=O) groups is 2. The van der Waals surface area contributed by atoms with Crippen molar-refractivity contribution in [2.24, 2.45) is 0 Å². The number of amides is 1. The number of aryl methyl sites for hydroxylation is 4. The Morgan fingerprint density at radius 1 is 0.946 bits per heavy atom. The number of pyridine rings is 1. The molecule has 0 aliphatic heterocycles. The summed E-state index contributed by atoms with van der Waals surface area (Å²) in [5.74, 6) is -0.673. The molecule has 2 aromatic carbocycles. The third-order valence-electron chi connectivity index (χ3n) is 5.95. The summed E-state index contributed by atoms with van der Waals surface area (Å²) in [6.07, 6.45) is 1.93. The average molecular weight is 516 g/mol. The molecule has 0 bridgehead atoms. The lowest BCUT2D eigenvalue weighted by Crippen LogP contribution is -2.42. The zero-order valence-electron chi connectivity index (χ0n) is 21.2. The van der Waals surface area contributed by atoms with Gasteiger partial charge in [-0.1, -0.05) is 53.3 Å². The summed E-state index contributed by atoms with van der Waals surface area (Å²) >= 11 is 1.48. The number of rotatable bonds is 9. The third kappa shape index (κ3) is 6.56. The molecule has 1 unspecified atom stereocenters. The second kappa shape index (κ2) is 11.3. The Hall–Kier alpha value is -4.11. The van der Waals surface area contributed by atoms with E-state index >= 15 is 0 Å². The maximum Gasteiger partial charge on any atom is 0.326 e. The molecule has 0 fully saturated rings. The SMILES string of the molecule is Cc1ccnc(NCc2nnc(-c3ccc(CC(NC(=O)c4c(C)cc(C)cc4C)C(=O)O)cc3)s2)c1. The standard InChI is InChI=1S/C28H29N5O3S/c1-16-9-10-29-23(13-16)30-15-24-32-33-27(37-24)21-7-5-20(6-8-21)14-22(28(35)36)31-26(34)25-18(3)11-17(2)12-19(25)4/h5-13,22H,14-15H2,1-4H3,(H,29,30)(H,31,34)(H,35,36). The van der Waals surface area contributed by atoms with Gasteiger partial charge < -0.3 is 15.7 Å². The number of carboxylic acids is 1. The van der Waals surface area contributed by atoms with E-state index in [0.717, 1.165) is 49.2 Å². The molecule has 1 atom stereocenters. The Morgan fingerprint density at radius 2 is 1.65 bits per heavy atom. The van der Waals surface area contributed by atoms with Gasteiger partial charge in [-0.15, -0.1) is 10.2 Å². The Kier molecular flexibility index (Phi) is 7.93. The first kappa shape index (κ1) is 26.0. The van der Waals surface area contributed by atoms with E-state index in [-0.39, 0.29) is 12.3 Å². The highest BCUT2D eigenvalue weighted by Crippen LogP contribution is 2.25. The van der Waals surface area contributed by atoms with Gasteiger partial charge in [0.2, 0.25) is 0 Å². The highest BCUT2D eigenvalue weighted by Gasteiger charge is 2.23. The Balaban J connectivity index is 1.40. The van der Waals surface area contributed by atoms with E-state index in [2.05, 4.69) is 25.8 Å². The van der Waals surface area contributed by atoms with Crippen LogP contribution in [0.3, 0.4) is 0 Å². The van der Waals surface area contributed by atoms with Crippen molar-refractivity contribution >= 4 is 29.0 Å². The van der Waals surface area contributed by atoms with Crippen molar-refractivity contribution in [3.63, 3.8) is 0 Å². The minimum absolute atomic E-state index is 0.167. The van der Waals surface area contributed by atoms with E-state index in [4.69, 9.17) is 0 Å². The number of carbonyl (C=O) groups excluding carboxylic acids is 1. The van der Waals surface area contributed by atoms with E-state index in [9.17, 15) is 14.7 Å². The third-order valence-corrected chi connectivity index (χ3v) is 6.92. The zero-order valence-corrected chi connectivity index (χ0v) is 22.0. The molecule has 0 spiro atoms. The first-order valence-electron chi connectivity index (χ1n) is 11.9. The van der Waals surface area contributed by atoms with Crippen LogP contribution < -0.4 is 10.6 Å². The molecule has 0 aliphatic carbocycles. The van der Waals surface area contributed by atoms with Crippen LogP contribution in [0.4, 0.5) is 5.82 Å². The first-order valence-corrected chi connectivity index (χ1v) is 12.7. The molecule has 4 rings (SSSR count). The minimum atomic E-state index is -1.08. The van der Waals surface area contributed by atoms with Crippen LogP contribution in [0, 0.1) is 27.7 Å². The van der Waals surface area contributed by atoms with Gasteiger partial charge >= 0.3 is 5.97 Å². The van der Waals surface area contributed by atoms with Gasteiger partial charge in [0.05, 0.1) is 6.54 Å². The van der Waals surface area contributed by atoms with Gasteiger partial charge in [0.15, 0.2) is 0 Å². The molecule has 0 aliphatic rings. The predicted molar refractivity (Wildman–Crippen MR) is 145 cm³/mol. The summed E-state index contributed by atoms with van der Waals surface area (Å²) in [5.41, 5.74) is 6.04. The molecule has 0 saturated carbocycles. The van der Waals surface area contributed by atoms with Crippen molar-refractivity contribution in [3.8, 4) is 10.6 Å². The van der Waals surface area contributed by atoms with Gasteiger partial charge in [-0.05, 0) is 62.1 Å². The number of aliphatic carboxylic acids is 1. The van der Waals surface area contributed by atoms with Crippen molar-refractivity contribution in [1.29, 1.82) is 0 Å². The smallest absolute Gasteiger partial charge is 0.326 e. The molecular weight excluding hydrogens is 486 g/mol. The Morgan fingerprint density at radius 3 is 2.30 bits per heavy atom. The van der Waals surface area contributed by atoms with Crippen LogP contribution in [0.5, 0.6) is 0 Å². The van der Waals surface area contributed by atoms with Gasteiger partial charge in [0.25, 0.3) is 5.91 Å². The van der Waals surface area contributed by atoms with Crippen LogP contribution in [0.25, 0.3) is 10.6 Å². The molecule has 2 heterocycles. The van der Waals surface area contributed by atoms with Crippen LogP contribution in [-0.2, 0) is 17.8 Å². The summed E-state index contributed by atoms with van der Waals surface area (Å²) < 4.78 is 0.